The lowest BCUT2D eigenvalue weighted by Gasteiger charge is -2.38. The predicted molar refractivity (Wildman–Crippen MR) is 66.9 cm³/mol. The Morgan fingerprint density at radius 1 is 1.35 bits per heavy atom. The average molecular weight is 235 g/mol. The molecule has 1 aromatic heterocycles. The first-order valence-electron chi connectivity index (χ1n) is 6.34. The molecule has 1 saturated heterocycles. The SMILES string of the molecule is Cc1cc(C(=O)N2C(C)CCCC2C)n(C)n1. The minimum Gasteiger partial charge on any atom is -0.332 e. The molecule has 0 radical (unpaired) electrons. The van der Waals surface area contributed by atoms with Crippen LogP contribution in [0, 0.1) is 6.92 Å². The molecule has 0 N–H and O–H groups in total. The number of likely N-dealkylation sites (tertiary alicyclic amines) is 1. The summed E-state index contributed by atoms with van der Waals surface area (Å²) in [6.45, 7) is 6.19. The fourth-order valence-corrected chi connectivity index (χ4v) is 2.76. The summed E-state index contributed by atoms with van der Waals surface area (Å²) in [5, 5.41) is 4.25. The number of rotatable bonds is 1. The van der Waals surface area contributed by atoms with Crippen LogP contribution in [0.2, 0.25) is 0 Å². The molecule has 17 heavy (non-hydrogen) atoms. The molecule has 1 fully saturated rings. The maximum absolute atomic E-state index is 12.5. The van der Waals surface area contributed by atoms with Crippen molar-refractivity contribution in [1.82, 2.24) is 14.7 Å². The molecule has 1 aromatic rings. The number of carbonyl (C=O) groups is 1. The molecule has 0 saturated carbocycles. The zero-order chi connectivity index (χ0) is 12.6. The molecule has 1 aliphatic rings. The highest BCUT2D eigenvalue weighted by molar-refractivity contribution is 5.93. The summed E-state index contributed by atoms with van der Waals surface area (Å²) in [6, 6.07) is 2.54. The van der Waals surface area contributed by atoms with Crippen LogP contribution in [0.5, 0.6) is 0 Å². The number of aryl methyl sites for hydroxylation is 2. The van der Waals surface area contributed by atoms with Gasteiger partial charge in [0.15, 0.2) is 0 Å². The first-order chi connectivity index (χ1) is 8.00. The third-order valence-electron chi connectivity index (χ3n) is 3.65. The Kier molecular flexibility index (Phi) is 3.22. The average Bonchev–Trinajstić information content (AvgIpc) is 2.57. The van der Waals surface area contributed by atoms with E-state index in [1.165, 1.54) is 6.42 Å². The summed E-state index contributed by atoms with van der Waals surface area (Å²) in [7, 11) is 1.83. The Hall–Kier alpha value is -1.32. The summed E-state index contributed by atoms with van der Waals surface area (Å²) >= 11 is 0. The highest BCUT2D eigenvalue weighted by Gasteiger charge is 2.31. The zero-order valence-electron chi connectivity index (χ0n) is 11.1. The molecular formula is C13H21N3O. The maximum atomic E-state index is 12.5. The van der Waals surface area contributed by atoms with Crippen molar-refractivity contribution in [3.8, 4) is 0 Å². The van der Waals surface area contributed by atoms with Gasteiger partial charge in [-0.05, 0) is 46.1 Å². The largest absolute Gasteiger partial charge is 0.332 e. The standard InChI is InChI=1S/C13H21N3O/c1-9-8-12(15(4)14-9)13(17)16-10(2)6-5-7-11(16)3/h8,10-11H,5-7H2,1-4H3. The fourth-order valence-electron chi connectivity index (χ4n) is 2.76. The summed E-state index contributed by atoms with van der Waals surface area (Å²) < 4.78 is 1.69. The number of hydrogen-bond acceptors (Lipinski definition) is 2. The third-order valence-corrected chi connectivity index (χ3v) is 3.65. The van der Waals surface area contributed by atoms with Crippen molar-refractivity contribution in [2.24, 2.45) is 7.05 Å². The number of piperidine rings is 1. The number of nitrogens with zero attached hydrogens (tertiary/aromatic N) is 3. The summed E-state index contributed by atoms with van der Waals surface area (Å²) in [5.41, 5.74) is 1.59. The van der Waals surface area contributed by atoms with Gasteiger partial charge in [0.25, 0.3) is 5.91 Å². The molecular weight excluding hydrogens is 214 g/mol. The van der Waals surface area contributed by atoms with Gasteiger partial charge in [-0.2, -0.15) is 5.10 Å². The normalized spacial score (nSPS) is 25.1. The smallest absolute Gasteiger partial charge is 0.272 e. The molecule has 4 nitrogen and oxygen atoms in total. The van der Waals surface area contributed by atoms with E-state index in [0.29, 0.717) is 17.8 Å². The van der Waals surface area contributed by atoms with Crippen molar-refractivity contribution >= 4 is 5.91 Å². The van der Waals surface area contributed by atoms with Gasteiger partial charge in [0.05, 0.1) is 5.69 Å². The minimum absolute atomic E-state index is 0.118. The van der Waals surface area contributed by atoms with E-state index in [9.17, 15) is 4.79 Å². The zero-order valence-corrected chi connectivity index (χ0v) is 11.1. The van der Waals surface area contributed by atoms with E-state index in [4.69, 9.17) is 0 Å². The number of aromatic nitrogens is 2. The van der Waals surface area contributed by atoms with E-state index in [2.05, 4.69) is 18.9 Å². The molecule has 2 rings (SSSR count). The van der Waals surface area contributed by atoms with Crippen molar-refractivity contribution in [1.29, 1.82) is 0 Å². The van der Waals surface area contributed by atoms with Crippen LogP contribution in [0.1, 0.15) is 49.3 Å². The molecule has 0 bridgehead atoms. The van der Waals surface area contributed by atoms with E-state index >= 15 is 0 Å². The predicted octanol–water partition coefficient (Wildman–Crippen LogP) is 2.13. The molecule has 4 heteroatoms. The number of amides is 1. The minimum atomic E-state index is 0.118. The maximum Gasteiger partial charge on any atom is 0.272 e. The van der Waals surface area contributed by atoms with Gasteiger partial charge in [-0.25, -0.2) is 0 Å². The Morgan fingerprint density at radius 3 is 2.41 bits per heavy atom. The quantitative estimate of drug-likeness (QED) is 0.748. The van der Waals surface area contributed by atoms with E-state index in [1.54, 1.807) is 4.68 Å². The number of carbonyl (C=O) groups excluding carboxylic acids is 1. The van der Waals surface area contributed by atoms with Crippen LogP contribution in [-0.2, 0) is 7.05 Å². The van der Waals surface area contributed by atoms with Crippen LogP contribution in [0.25, 0.3) is 0 Å². The van der Waals surface area contributed by atoms with Crippen LogP contribution in [0.3, 0.4) is 0 Å². The molecule has 1 aliphatic heterocycles. The van der Waals surface area contributed by atoms with E-state index in [1.807, 2.05) is 24.9 Å². The molecule has 2 heterocycles. The van der Waals surface area contributed by atoms with Gasteiger partial charge in [0, 0.05) is 19.1 Å². The highest BCUT2D eigenvalue weighted by Crippen LogP contribution is 2.24. The third kappa shape index (κ3) is 2.21. The van der Waals surface area contributed by atoms with Crippen LogP contribution in [0.4, 0.5) is 0 Å². The van der Waals surface area contributed by atoms with Gasteiger partial charge >= 0.3 is 0 Å². The van der Waals surface area contributed by atoms with E-state index in [0.717, 1.165) is 18.5 Å². The fraction of sp³-hybridized carbons (Fsp3) is 0.692. The van der Waals surface area contributed by atoms with Crippen LogP contribution in [0.15, 0.2) is 6.07 Å². The van der Waals surface area contributed by atoms with Crippen LogP contribution in [-0.4, -0.2) is 32.7 Å². The Balaban J connectivity index is 2.27. The van der Waals surface area contributed by atoms with Gasteiger partial charge in [0.1, 0.15) is 5.69 Å². The van der Waals surface area contributed by atoms with Gasteiger partial charge in [-0.15, -0.1) is 0 Å². The summed E-state index contributed by atoms with van der Waals surface area (Å²) in [4.78, 5) is 14.5. The first kappa shape index (κ1) is 12.1. The lowest BCUT2D eigenvalue weighted by molar-refractivity contribution is 0.0499. The topological polar surface area (TPSA) is 38.1 Å². The van der Waals surface area contributed by atoms with Gasteiger partial charge in [-0.1, -0.05) is 0 Å². The Morgan fingerprint density at radius 2 is 1.94 bits per heavy atom. The molecule has 2 unspecified atom stereocenters. The van der Waals surface area contributed by atoms with Gasteiger partial charge in [0.2, 0.25) is 0 Å². The first-order valence-corrected chi connectivity index (χ1v) is 6.34. The van der Waals surface area contributed by atoms with E-state index < -0.39 is 0 Å². The molecule has 0 aliphatic carbocycles. The van der Waals surface area contributed by atoms with Crippen molar-refractivity contribution in [3.63, 3.8) is 0 Å². The summed E-state index contributed by atoms with van der Waals surface area (Å²) in [6.07, 6.45) is 3.43. The van der Waals surface area contributed by atoms with Gasteiger partial charge < -0.3 is 4.90 Å². The van der Waals surface area contributed by atoms with Crippen LogP contribution < -0.4 is 0 Å². The van der Waals surface area contributed by atoms with Crippen molar-refractivity contribution in [2.75, 3.05) is 0 Å². The molecule has 1 amide bonds. The van der Waals surface area contributed by atoms with E-state index in [-0.39, 0.29) is 5.91 Å². The molecule has 0 spiro atoms. The van der Waals surface area contributed by atoms with Gasteiger partial charge in [-0.3, -0.25) is 9.48 Å². The second-order valence-electron chi connectivity index (χ2n) is 5.14. The van der Waals surface area contributed by atoms with Crippen LogP contribution >= 0.6 is 0 Å². The second kappa shape index (κ2) is 4.51. The van der Waals surface area contributed by atoms with Crippen molar-refractivity contribution in [2.45, 2.75) is 52.1 Å². The number of hydrogen-bond donors (Lipinski definition) is 0. The Bertz CT molecular complexity index is 414. The monoisotopic (exact) mass is 235 g/mol. The van der Waals surface area contributed by atoms with Crippen molar-refractivity contribution < 1.29 is 4.79 Å². The molecule has 94 valence electrons. The molecule has 2 atom stereocenters. The second-order valence-corrected chi connectivity index (χ2v) is 5.14. The Labute approximate surface area is 103 Å². The lowest BCUT2D eigenvalue weighted by Crippen LogP contribution is -2.48. The van der Waals surface area contributed by atoms with Crippen molar-refractivity contribution in [3.05, 3.63) is 17.5 Å². The lowest BCUT2D eigenvalue weighted by atomic mass is 9.97. The molecule has 0 aromatic carbocycles. The summed E-state index contributed by atoms with van der Waals surface area (Å²) in [5.74, 6) is 0.118. The highest BCUT2D eigenvalue weighted by atomic mass is 16.2.